The molecule has 110 valence electrons. The van der Waals surface area contributed by atoms with E-state index < -0.39 is 5.97 Å². The van der Waals surface area contributed by atoms with Crippen LogP contribution in [0, 0.1) is 19.8 Å². The summed E-state index contributed by atoms with van der Waals surface area (Å²) in [4.78, 5) is 20.7. The van der Waals surface area contributed by atoms with Gasteiger partial charge in [-0.3, -0.25) is 9.59 Å². The predicted octanol–water partition coefficient (Wildman–Crippen LogP) is 3.47. The van der Waals surface area contributed by atoms with Crippen molar-refractivity contribution in [2.45, 2.75) is 46.0 Å². The Balaban J connectivity index is 0.000000204. The standard InChI is InChI=1S/C9H10O2.C7H12O2/c1-6-3-8(5-10)4-7(2)9(6)11;8-7(9)6-4-2-1-3-5-6/h3-5,11H,1-2H3;6H,1-5H2,(H,8,9). The van der Waals surface area contributed by atoms with Gasteiger partial charge >= 0.3 is 5.97 Å². The van der Waals surface area contributed by atoms with E-state index in [-0.39, 0.29) is 11.7 Å². The van der Waals surface area contributed by atoms with Crippen molar-refractivity contribution in [1.82, 2.24) is 0 Å². The number of aliphatic carboxylic acids is 1. The molecule has 0 atom stereocenters. The molecular weight excluding hydrogens is 256 g/mol. The Bertz CT molecular complexity index is 450. The maximum atomic E-state index is 10.4. The second kappa shape index (κ2) is 7.68. The number of aromatic hydroxyl groups is 1. The average Bonchev–Trinajstić information content (AvgIpc) is 2.45. The number of aldehydes is 1. The lowest BCUT2D eigenvalue weighted by molar-refractivity contribution is -0.142. The van der Waals surface area contributed by atoms with Gasteiger partial charge in [-0.15, -0.1) is 0 Å². The number of hydrogen-bond donors (Lipinski definition) is 2. The number of hydrogen-bond acceptors (Lipinski definition) is 3. The van der Waals surface area contributed by atoms with Gasteiger partial charge in [0.05, 0.1) is 5.92 Å². The molecule has 4 nitrogen and oxygen atoms in total. The Kier molecular flexibility index (Phi) is 6.22. The van der Waals surface area contributed by atoms with Crippen LogP contribution in [0.5, 0.6) is 5.75 Å². The molecule has 1 aliphatic rings. The molecule has 2 N–H and O–H groups in total. The van der Waals surface area contributed by atoms with Crippen LogP contribution in [0.25, 0.3) is 0 Å². The van der Waals surface area contributed by atoms with E-state index in [1.54, 1.807) is 26.0 Å². The summed E-state index contributed by atoms with van der Waals surface area (Å²) in [5.41, 5.74) is 2.09. The van der Waals surface area contributed by atoms with Gasteiger partial charge in [-0.1, -0.05) is 19.3 Å². The number of carboxylic acid groups (broad SMARTS) is 1. The van der Waals surface area contributed by atoms with E-state index in [1.807, 2.05) is 0 Å². The van der Waals surface area contributed by atoms with E-state index >= 15 is 0 Å². The number of carboxylic acids is 1. The Labute approximate surface area is 119 Å². The molecule has 0 bridgehead atoms. The van der Waals surface area contributed by atoms with Crippen LogP contribution in [0.3, 0.4) is 0 Å². The van der Waals surface area contributed by atoms with Gasteiger partial charge in [-0.25, -0.2) is 0 Å². The summed E-state index contributed by atoms with van der Waals surface area (Å²) in [6.45, 7) is 3.55. The maximum absolute atomic E-state index is 10.4. The molecule has 1 saturated carbocycles. The lowest BCUT2D eigenvalue weighted by atomic mass is 9.90. The van der Waals surface area contributed by atoms with Crippen molar-refractivity contribution in [2.75, 3.05) is 0 Å². The van der Waals surface area contributed by atoms with Crippen LogP contribution in [0.15, 0.2) is 12.1 Å². The zero-order valence-corrected chi connectivity index (χ0v) is 12.1. The molecule has 0 heterocycles. The molecule has 0 spiro atoms. The first-order valence-electron chi connectivity index (χ1n) is 6.94. The summed E-state index contributed by atoms with van der Waals surface area (Å²) in [6, 6.07) is 3.32. The van der Waals surface area contributed by atoms with Gasteiger partial charge in [0.2, 0.25) is 0 Å². The van der Waals surface area contributed by atoms with E-state index in [0.29, 0.717) is 5.56 Å². The molecule has 1 aliphatic carbocycles. The zero-order chi connectivity index (χ0) is 15.1. The first kappa shape index (κ1) is 16.2. The highest BCUT2D eigenvalue weighted by molar-refractivity contribution is 5.76. The van der Waals surface area contributed by atoms with E-state index in [2.05, 4.69) is 0 Å². The van der Waals surface area contributed by atoms with Gasteiger partial charge < -0.3 is 10.2 Å². The average molecular weight is 278 g/mol. The summed E-state index contributed by atoms with van der Waals surface area (Å²) >= 11 is 0. The van der Waals surface area contributed by atoms with Crippen molar-refractivity contribution in [1.29, 1.82) is 0 Å². The number of aryl methyl sites for hydroxylation is 2. The van der Waals surface area contributed by atoms with Crippen molar-refractivity contribution >= 4 is 12.3 Å². The summed E-state index contributed by atoms with van der Waals surface area (Å²) in [6.07, 6.45) is 6.02. The fourth-order valence-corrected chi connectivity index (χ4v) is 2.41. The van der Waals surface area contributed by atoms with Gasteiger partial charge in [0, 0.05) is 5.56 Å². The third kappa shape index (κ3) is 4.68. The summed E-state index contributed by atoms with van der Waals surface area (Å²) in [7, 11) is 0. The number of benzene rings is 1. The van der Waals surface area contributed by atoms with Crippen molar-refractivity contribution in [3.8, 4) is 5.75 Å². The molecular formula is C16H22O4. The third-order valence-corrected chi connectivity index (χ3v) is 3.60. The molecule has 0 amide bonds. The first-order valence-corrected chi connectivity index (χ1v) is 6.94. The first-order chi connectivity index (χ1) is 9.45. The van der Waals surface area contributed by atoms with Gasteiger partial charge in [-0.2, -0.15) is 0 Å². The topological polar surface area (TPSA) is 74.6 Å². The summed E-state index contributed by atoms with van der Waals surface area (Å²) in [5, 5.41) is 17.8. The summed E-state index contributed by atoms with van der Waals surface area (Å²) < 4.78 is 0. The maximum Gasteiger partial charge on any atom is 0.306 e. The molecule has 0 radical (unpaired) electrons. The largest absolute Gasteiger partial charge is 0.507 e. The molecule has 0 saturated heterocycles. The molecule has 0 aliphatic heterocycles. The second-order valence-corrected chi connectivity index (χ2v) is 5.29. The van der Waals surface area contributed by atoms with Crippen LogP contribution < -0.4 is 0 Å². The minimum absolute atomic E-state index is 0.0289. The number of phenols is 1. The Hall–Kier alpha value is -1.84. The normalized spacial score (nSPS) is 15.1. The van der Waals surface area contributed by atoms with Crippen LogP contribution >= 0.6 is 0 Å². The Morgan fingerprint density at radius 2 is 1.65 bits per heavy atom. The Morgan fingerprint density at radius 3 is 2.00 bits per heavy atom. The van der Waals surface area contributed by atoms with Crippen molar-refractivity contribution in [3.05, 3.63) is 28.8 Å². The lowest BCUT2D eigenvalue weighted by Crippen LogP contribution is -2.16. The minimum Gasteiger partial charge on any atom is -0.507 e. The third-order valence-electron chi connectivity index (χ3n) is 3.60. The molecule has 0 unspecified atom stereocenters. The molecule has 4 heteroatoms. The fourth-order valence-electron chi connectivity index (χ4n) is 2.41. The molecule has 1 aromatic carbocycles. The van der Waals surface area contributed by atoms with Crippen molar-refractivity contribution in [3.63, 3.8) is 0 Å². The van der Waals surface area contributed by atoms with E-state index in [4.69, 9.17) is 5.11 Å². The number of rotatable bonds is 2. The van der Waals surface area contributed by atoms with Crippen LogP contribution in [-0.2, 0) is 4.79 Å². The molecule has 0 aromatic heterocycles. The number of carbonyl (C=O) groups is 2. The van der Waals surface area contributed by atoms with Gasteiger partial charge in [-0.05, 0) is 49.9 Å². The monoisotopic (exact) mass is 278 g/mol. The molecule has 1 aromatic rings. The SMILES string of the molecule is Cc1cc(C=O)cc(C)c1O.O=C(O)C1CCCCC1. The molecule has 20 heavy (non-hydrogen) atoms. The number of phenolic OH excluding ortho intramolecular Hbond substituents is 1. The van der Waals surface area contributed by atoms with Crippen molar-refractivity contribution < 1.29 is 19.8 Å². The lowest BCUT2D eigenvalue weighted by Gasteiger charge is -2.16. The second-order valence-electron chi connectivity index (χ2n) is 5.29. The van der Waals surface area contributed by atoms with Gasteiger partial charge in [0.25, 0.3) is 0 Å². The van der Waals surface area contributed by atoms with Gasteiger partial charge in [0.1, 0.15) is 12.0 Å². The predicted molar refractivity (Wildman–Crippen MR) is 77.2 cm³/mol. The zero-order valence-electron chi connectivity index (χ0n) is 12.1. The highest BCUT2D eigenvalue weighted by atomic mass is 16.4. The van der Waals surface area contributed by atoms with Gasteiger partial charge in [0.15, 0.2) is 0 Å². The van der Waals surface area contributed by atoms with Crippen LogP contribution in [0.4, 0.5) is 0 Å². The van der Waals surface area contributed by atoms with E-state index in [1.165, 1.54) is 6.42 Å². The Morgan fingerprint density at radius 1 is 1.15 bits per heavy atom. The van der Waals surface area contributed by atoms with E-state index in [9.17, 15) is 14.7 Å². The highest BCUT2D eigenvalue weighted by Gasteiger charge is 2.19. The summed E-state index contributed by atoms with van der Waals surface area (Å²) in [5.74, 6) is -0.357. The molecule has 2 rings (SSSR count). The fraction of sp³-hybridized carbons (Fsp3) is 0.500. The smallest absolute Gasteiger partial charge is 0.306 e. The van der Waals surface area contributed by atoms with E-state index in [0.717, 1.165) is 43.1 Å². The number of carbonyl (C=O) groups excluding carboxylic acids is 1. The van der Waals surface area contributed by atoms with Crippen molar-refractivity contribution in [2.24, 2.45) is 5.92 Å². The minimum atomic E-state index is -0.602. The van der Waals surface area contributed by atoms with Crippen LogP contribution in [0.2, 0.25) is 0 Å². The highest BCUT2D eigenvalue weighted by Crippen LogP contribution is 2.23. The molecule has 1 fully saturated rings. The van der Waals surface area contributed by atoms with Crippen LogP contribution in [-0.4, -0.2) is 22.5 Å². The quantitative estimate of drug-likeness (QED) is 0.812. The van der Waals surface area contributed by atoms with Crippen LogP contribution in [0.1, 0.15) is 53.6 Å².